The van der Waals surface area contributed by atoms with Gasteiger partial charge in [-0.2, -0.15) is 0 Å². The lowest BCUT2D eigenvalue weighted by atomic mass is 10.2. The molecule has 0 aromatic carbocycles. The number of likely N-dealkylation sites (N-methyl/N-ethyl adjacent to an activating group) is 1. The van der Waals surface area contributed by atoms with Crippen LogP contribution in [0.25, 0.3) is 0 Å². The highest BCUT2D eigenvalue weighted by atomic mass is 127. The van der Waals surface area contributed by atoms with Crippen LogP contribution < -0.4 is 0 Å². The van der Waals surface area contributed by atoms with Gasteiger partial charge in [0.15, 0.2) is 0 Å². The summed E-state index contributed by atoms with van der Waals surface area (Å²) in [5, 5.41) is 0. The standard InChI is InChI=1S/C8H16INO/c1-3-10(2)6-7-4-5-8(9)11-7/h7-8H,3-6H2,1-2H3. The Balaban J connectivity index is 2.17. The summed E-state index contributed by atoms with van der Waals surface area (Å²) in [6, 6.07) is 0. The van der Waals surface area contributed by atoms with Crippen molar-refractivity contribution in [3.05, 3.63) is 0 Å². The molecule has 0 aromatic rings. The zero-order chi connectivity index (χ0) is 8.27. The molecule has 66 valence electrons. The smallest absolute Gasteiger partial charge is 0.109 e. The first kappa shape index (κ1) is 9.74. The monoisotopic (exact) mass is 269 g/mol. The molecule has 1 heterocycles. The van der Waals surface area contributed by atoms with E-state index >= 15 is 0 Å². The fraction of sp³-hybridized carbons (Fsp3) is 1.00. The fourth-order valence-corrected chi connectivity index (χ4v) is 2.05. The summed E-state index contributed by atoms with van der Waals surface area (Å²) in [4.78, 5) is 2.30. The summed E-state index contributed by atoms with van der Waals surface area (Å²) in [7, 11) is 2.14. The predicted octanol–water partition coefficient (Wildman–Crippen LogP) is 1.88. The van der Waals surface area contributed by atoms with Crippen LogP contribution in [0.4, 0.5) is 0 Å². The first-order valence-electron chi connectivity index (χ1n) is 4.20. The molecule has 0 bridgehead atoms. The molecule has 0 aliphatic carbocycles. The van der Waals surface area contributed by atoms with Crippen molar-refractivity contribution >= 4 is 22.6 Å². The van der Waals surface area contributed by atoms with E-state index in [9.17, 15) is 0 Å². The average molecular weight is 269 g/mol. The molecular formula is C8H16INO. The van der Waals surface area contributed by atoms with E-state index in [-0.39, 0.29) is 0 Å². The van der Waals surface area contributed by atoms with E-state index in [2.05, 4.69) is 41.5 Å². The topological polar surface area (TPSA) is 12.5 Å². The second-order valence-electron chi connectivity index (χ2n) is 3.10. The van der Waals surface area contributed by atoms with Gasteiger partial charge >= 0.3 is 0 Å². The second kappa shape index (κ2) is 4.62. The summed E-state index contributed by atoms with van der Waals surface area (Å²) < 4.78 is 6.14. The maximum absolute atomic E-state index is 5.68. The molecule has 2 unspecified atom stereocenters. The fourth-order valence-electron chi connectivity index (χ4n) is 1.27. The highest BCUT2D eigenvalue weighted by Crippen LogP contribution is 2.24. The summed E-state index contributed by atoms with van der Waals surface area (Å²) in [6.45, 7) is 4.39. The zero-order valence-corrected chi connectivity index (χ0v) is 9.37. The van der Waals surface area contributed by atoms with Gasteiger partial charge in [0.25, 0.3) is 0 Å². The Morgan fingerprint density at radius 3 is 2.73 bits per heavy atom. The minimum Gasteiger partial charge on any atom is -0.363 e. The van der Waals surface area contributed by atoms with Crippen LogP contribution in [-0.2, 0) is 4.74 Å². The highest BCUT2D eigenvalue weighted by molar-refractivity contribution is 14.1. The van der Waals surface area contributed by atoms with Crippen LogP contribution in [0, 0.1) is 0 Å². The minimum atomic E-state index is 0.461. The Morgan fingerprint density at radius 2 is 2.27 bits per heavy atom. The van der Waals surface area contributed by atoms with E-state index in [4.69, 9.17) is 4.74 Å². The second-order valence-corrected chi connectivity index (χ2v) is 4.49. The largest absolute Gasteiger partial charge is 0.363 e. The maximum Gasteiger partial charge on any atom is 0.109 e. The van der Waals surface area contributed by atoms with Crippen molar-refractivity contribution in [3.63, 3.8) is 0 Å². The number of nitrogens with zero attached hydrogens (tertiary/aromatic N) is 1. The van der Waals surface area contributed by atoms with Crippen LogP contribution in [0.15, 0.2) is 0 Å². The first-order valence-corrected chi connectivity index (χ1v) is 5.45. The molecule has 1 aliphatic rings. The van der Waals surface area contributed by atoms with Crippen molar-refractivity contribution in [2.75, 3.05) is 20.1 Å². The molecule has 0 aromatic heterocycles. The molecule has 2 nitrogen and oxygen atoms in total. The van der Waals surface area contributed by atoms with Gasteiger partial charge in [-0.1, -0.05) is 29.5 Å². The summed E-state index contributed by atoms with van der Waals surface area (Å²) in [5.74, 6) is 0. The lowest BCUT2D eigenvalue weighted by Gasteiger charge is -2.18. The third-order valence-electron chi connectivity index (χ3n) is 2.11. The van der Waals surface area contributed by atoms with E-state index in [1.807, 2.05) is 0 Å². The highest BCUT2D eigenvalue weighted by Gasteiger charge is 2.23. The average Bonchev–Trinajstić information content (AvgIpc) is 2.35. The molecule has 2 atom stereocenters. The van der Waals surface area contributed by atoms with Crippen molar-refractivity contribution in [2.45, 2.75) is 30.0 Å². The van der Waals surface area contributed by atoms with Gasteiger partial charge in [0, 0.05) is 6.54 Å². The number of halogens is 1. The number of hydrogen-bond donors (Lipinski definition) is 0. The van der Waals surface area contributed by atoms with Crippen molar-refractivity contribution in [1.82, 2.24) is 4.90 Å². The van der Waals surface area contributed by atoms with Gasteiger partial charge < -0.3 is 9.64 Å². The van der Waals surface area contributed by atoms with E-state index in [0.717, 1.165) is 13.1 Å². The van der Waals surface area contributed by atoms with E-state index in [1.54, 1.807) is 0 Å². The van der Waals surface area contributed by atoms with Gasteiger partial charge in [-0.25, -0.2) is 0 Å². The Hall–Kier alpha value is 0.650. The molecule has 1 saturated heterocycles. The molecule has 0 N–H and O–H groups in total. The van der Waals surface area contributed by atoms with Crippen LogP contribution in [0.5, 0.6) is 0 Å². The quantitative estimate of drug-likeness (QED) is 0.573. The number of alkyl halides is 1. The van der Waals surface area contributed by atoms with Gasteiger partial charge in [0.2, 0.25) is 0 Å². The van der Waals surface area contributed by atoms with Crippen LogP contribution in [0.3, 0.4) is 0 Å². The van der Waals surface area contributed by atoms with E-state index in [1.165, 1.54) is 12.8 Å². The first-order chi connectivity index (χ1) is 5.22. The van der Waals surface area contributed by atoms with Crippen molar-refractivity contribution in [2.24, 2.45) is 0 Å². The van der Waals surface area contributed by atoms with Crippen LogP contribution in [0.1, 0.15) is 19.8 Å². The summed E-state index contributed by atoms with van der Waals surface area (Å²) in [6.07, 6.45) is 2.95. The van der Waals surface area contributed by atoms with Crippen LogP contribution in [-0.4, -0.2) is 35.3 Å². The lowest BCUT2D eigenvalue weighted by molar-refractivity contribution is 0.0744. The van der Waals surface area contributed by atoms with Crippen LogP contribution in [0.2, 0.25) is 0 Å². The predicted molar refractivity (Wildman–Crippen MR) is 55.1 cm³/mol. The van der Waals surface area contributed by atoms with Crippen molar-refractivity contribution in [3.8, 4) is 0 Å². The summed E-state index contributed by atoms with van der Waals surface area (Å²) >= 11 is 2.37. The SMILES string of the molecule is CCN(C)CC1CCC(I)O1. The van der Waals surface area contributed by atoms with Gasteiger partial charge in [-0.15, -0.1) is 0 Å². The lowest BCUT2D eigenvalue weighted by Crippen LogP contribution is -2.28. The number of ether oxygens (including phenoxy) is 1. The molecule has 11 heavy (non-hydrogen) atoms. The van der Waals surface area contributed by atoms with Crippen molar-refractivity contribution < 1.29 is 4.74 Å². The molecule has 1 rings (SSSR count). The third-order valence-corrected chi connectivity index (χ3v) is 3.03. The third kappa shape index (κ3) is 3.25. The number of rotatable bonds is 3. The Morgan fingerprint density at radius 1 is 1.55 bits per heavy atom. The Labute approximate surface area is 82.4 Å². The number of hydrogen-bond acceptors (Lipinski definition) is 2. The van der Waals surface area contributed by atoms with Gasteiger partial charge in [-0.3, -0.25) is 0 Å². The van der Waals surface area contributed by atoms with Gasteiger partial charge in [0.1, 0.15) is 4.11 Å². The van der Waals surface area contributed by atoms with Crippen LogP contribution >= 0.6 is 22.6 Å². The molecule has 0 saturated carbocycles. The van der Waals surface area contributed by atoms with Gasteiger partial charge in [-0.05, 0) is 26.4 Å². The summed E-state index contributed by atoms with van der Waals surface area (Å²) in [5.41, 5.74) is 0. The van der Waals surface area contributed by atoms with Crippen molar-refractivity contribution in [1.29, 1.82) is 0 Å². The minimum absolute atomic E-state index is 0.461. The Kier molecular flexibility index (Phi) is 4.09. The molecule has 1 aliphatic heterocycles. The molecule has 0 radical (unpaired) electrons. The zero-order valence-electron chi connectivity index (χ0n) is 7.22. The molecule has 0 spiro atoms. The Bertz CT molecular complexity index is 121. The molecule has 3 heteroatoms. The molecule has 0 amide bonds. The van der Waals surface area contributed by atoms with Gasteiger partial charge in [0.05, 0.1) is 6.10 Å². The molecule has 1 fully saturated rings. The van der Waals surface area contributed by atoms with E-state index in [0.29, 0.717) is 10.2 Å². The maximum atomic E-state index is 5.68. The molecular weight excluding hydrogens is 253 g/mol. The van der Waals surface area contributed by atoms with E-state index < -0.39 is 0 Å². The normalized spacial score (nSPS) is 31.6.